The predicted molar refractivity (Wildman–Crippen MR) is 85.2 cm³/mol. The van der Waals surface area contributed by atoms with Crippen LogP contribution in [0.3, 0.4) is 0 Å². The Morgan fingerprint density at radius 2 is 2.30 bits per heavy atom. The SMILES string of the molecule is CCCNc1ncc(Br)c(N(CCCO)C2CCC2)n1. The van der Waals surface area contributed by atoms with Crippen molar-refractivity contribution < 1.29 is 5.11 Å². The molecule has 0 amide bonds. The largest absolute Gasteiger partial charge is 0.396 e. The van der Waals surface area contributed by atoms with Crippen LogP contribution in [-0.2, 0) is 0 Å². The van der Waals surface area contributed by atoms with Crippen molar-refractivity contribution in [2.75, 3.05) is 29.9 Å². The average molecular weight is 343 g/mol. The Morgan fingerprint density at radius 3 is 2.90 bits per heavy atom. The van der Waals surface area contributed by atoms with Gasteiger partial charge in [0, 0.05) is 31.9 Å². The van der Waals surface area contributed by atoms with Gasteiger partial charge in [0.05, 0.1) is 4.47 Å². The van der Waals surface area contributed by atoms with Crippen molar-refractivity contribution in [1.29, 1.82) is 0 Å². The van der Waals surface area contributed by atoms with Crippen LogP contribution < -0.4 is 10.2 Å². The molecule has 2 N–H and O–H groups in total. The number of hydrogen-bond acceptors (Lipinski definition) is 5. The molecule has 0 radical (unpaired) electrons. The molecule has 1 fully saturated rings. The van der Waals surface area contributed by atoms with Gasteiger partial charge in [-0.1, -0.05) is 6.92 Å². The van der Waals surface area contributed by atoms with Crippen molar-refractivity contribution in [2.45, 2.75) is 45.1 Å². The van der Waals surface area contributed by atoms with Crippen LogP contribution in [0, 0.1) is 0 Å². The Kier molecular flexibility index (Phi) is 6.04. The number of anilines is 2. The summed E-state index contributed by atoms with van der Waals surface area (Å²) < 4.78 is 0.921. The topological polar surface area (TPSA) is 61.3 Å². The number of hydrogen-bond donors (Lipinski definition) is 2. The first-order valence-corrected chi connectivity index (χ1v) is 8.19. The van der Waals surface area contributed by atoms with Gasteiger partial charge in [-0.3, -0.25) is 0 Å². The van der Waals surface area contributed by atoms with Gasteiger partial charge in [0.1, 0.15) is 5.82 Å². The highest BCUT2D eigenvalue weighted by Crippen LogP contribution is 2.33. The lowest BCUT2D eigenvalue weighted by atomic mass is 9.91. The van der Waals surface area contributed by atoms with E-state index in [1.165, 1.54) is 19.3 Å². The molecule has 20 heavy (non-hydrogen) atoms. The molecule has 0 saturated heterocycles. The first-order chi connectivity index (χ1) is 9.76. The minimum Gasteiger partial charge on any atom is -0.396 e. The summed E-state index contributed by atoms with van der Waals surface area (Å²) in [4.78, 5) is 11.2. The predicted octanol–water partition coefficient (Wildman–Crippen LogP) is 2.80. The number of halogens is 1. The van der Waals surface area contributed by atoms with E-state index in [0.717, 1.165) is 36.2 Å². The Bertz CT molecular complexity index is 426. The second-order valence-electron chi connectivity index (χ2n) is 5.15. The van der Waals surface area contributed by atoms with E-state index in [1.54, 1.807) is 0 Å². The van der Waals surface area contributed by atoms with E-state index in [9.17, 15) is 0 Å². The summed E-state index contributed by atoms with van der Waals surface area (Å²) in [6, 6.07) is 0.548. The number of nitrogens with zero attached hydrogens (tertiary/aromatic N) is 3. The minimum atomic E-state index is 0.215. The second kappa shape index (κ2) is 7.78. The van der Waals surface area contributed by atoms with Crippen molar-refractivity contribution in [1.82, 2.24) is 9.97 Å². The molecule has 1 aliphatic rings. The molecule has 1 heterocycles. The van der Waals surface area contributed by atoms with Crippen LogP contribution in [0.5, 0.6) is 0 Å². The van der Waals surface area contributed by atoms with Crippen LogP contribution in [0.15, 0.2) is 10.7 Å². The van der Waals surface area contributed by atoms with Crippen molar-refractivity contribution >= 4 is 27.7 Å². The Balaban J connectivity index is 2.16. The molecule has 112 valence electrons. The zero-order valence-corrected chi connectivity index (χ0v) is 13.6. The molecular weight excluding hydrogens is 320 g/mol. The van der Waals surface area contributed by atoms with E-state index < -0.39 is 0 Å². The van der Waals surface area contributed by atoms with Gasteiger partial charge in [-0.25, -0.2) is 4.98 Å². The highest BCUT2D eigenvalue weighted by atomic mass is 79.9. The molecule has 1 aromatic rings. The van der Waals surface area contributed by atoms with Crippen molar-refractivity contribution in [3.8, 4) is 0 Å². The maximum atomic E-state index is 9.09. The summed E-state index contributed by atoms with van der Waals surface area (Å²) in [5.74, 6) is 1.62. The third kappa shape index (κ3) is 3.82. The van der Waals surface area contributed by atoms with Gasteiger partial charge in [-0.05, 0) is 48.0 Å². The average Bonchev–Trinajstić information content (AvgIpc) is 2.40. The Morgan fingerprint density at radius 1 is 1.50 bits per heavy atom. The zero-order chi connectivity index (χ0) is 14.4. The lowest BCUT2D eigenvalue weighted by molar-refractivity contribution is 0.282. The molecule has 1 saturated carbocycles. The maximum absolute atomic E-state index is 9.09. The number of rotatable bonds is 8. The van der Waals surface area contributed by atoms with Gasteiger partial charge in [0.15, 0.2) is 0 Å². The molecule has 5 nitrogen and oxygen atoms in total. The summed E-state index contributed by atoms with van der Waals surface area (Å²) in [7, 11) is 0. The van der Waals surface area contributed by atoms with E-state index in [1.807, 2.05) is 6.20 Å². The lowest BCUT2D eigenvalue weighted by Gasteiger charge is -2.38. The minimum absolute atomic E-state index is 0.215. The van der Waals surface area contributed by atoms with Gasteiger partial charge in [0.2, 0.25) is 5.95 Å². The summed E-state index contributed by atoms with van der Waals surface area (Å²) in [5, 5.41) is 12.3. The van der Waals surface area contributed by atoms with E-state index >= 15 is 0 Å². The molecule has 0 bridgehead atoms. The summed E-state index contributed by atoms with van der Waals surface area (Å²) in [6.07, 6.45) is 7.32. The molecular formula is C14H23BrN4O. The molecule has 1 aromatic heterocycles. The van der Waals surface area contributed by atoms with E-state index in [-0.39, 0.29) is 6.61 Å². The molecule has 1 aliphatic carbocycles. The van der Waals surface area contributed by atoms with Crippen molar-refractivity contribution in [3.05, 3.63) is 10.7 Å². The molecule has 0 unspecified atom stereocenters. The highest BCUT2D eigenvalue weighted by molar-refractivity contribution is 9.10. The fourth-order valence-electron chi connectivity index (χ4n) is 2.28. The normalized spacial score (nSPS) is 14.9. The standard InChI is InChI=1S/C14H23BrN4O/c1-2-7-16-14-17-10-12(15)13(18-14)19(8-4-9-20)11-5-3-6-11/h10-11,20H,2-9H2,1H3,(H,16,17,18). The summed E-state index contributed by atoms with van der Waals surface area (Å²) in [6.45, 7) is 4.05. The number of aromatic nitrogens is 2. The monoisotopic (exact) mass is 342 g/mol. The van der Waals surface area contributed by atoms with Crippen LogP contribution in [-0.4, -0.2) is 40.8 Å². The highest BCUT2D eigenvalue weighted by Gasteiger charge is 2.27. The van der Waals surface area contributed by atoms with Gasteiger partial charge in [-0.2, -0.15) is 4.98 Å². The molecule has 0 aliphatic heterocycles. The van der Waals surface area contributed by atoms with Crippen LogP contribution in [0.2, 0.25) is 0 Å². The van der Waals surface area contributed by atoms with Gasteiger partial charge >= 0.3 is 0 Å². The first kappa shape index (κ1) is 15.5. The third-order valence-corrected chi connectivity index (χ3v) is 4.16. The van der Waals surface area contributed by atoms with Crippen LogP contribution in [0.4, 0.5) is 11.8 Å². The second-order valence-corrected chi connectivity index (χ2v) is 6.00. The molecule has 0 aromatic carbocycles. The van der Waals surface area contributed by atoms with Crippen molar-refractivity contribution in [3.63, 3.8) is 0 Å². The quantitative estimate of drug-likeness (QED) is 0.760. The maximum Gasteiger partial charge on any atom is 0.224 e. The molecule has 0 spiro atoms. The van der Waals surface area contributed by atoms with Crippen LogP contribution in [0.1, 0.15) is 39.0 Å². The summed E-state index contributed by atoms with van der Waals surface area (Å²) in [5.41, 5.74) is 0. The summed E-state index contributed by atoms with van der Waals surface area (Å²) >= 11 is 3.56. The smallest absolute Gasteiger partial charge is 0.224 e. The van der Waals surface area contributed by atoms with Crippen LogP contribution in [0.25, 0.3) is 0 Å². The Labute approximate surface area is 128 Å². The Hall–Kier alpha value is -0.880. The van der Waals surface area contributed by atoms with Gasteiger partial charge < -0.3 is 15.3 Å². The zero-order valence-electron chi connectivity index (χ0n) is 12.0. The van der Waals surface area contributed by atoms with E-state index in [2.05, 4.69) is 43.0 Å². The van der Waals surface area contributed by atoms with Crippen molar-refractivity contribution in [2.24, 2.45) is 0 Å². The fourth-order valence-corrected chi connectivity index (χ4v) is 2.70. The number of aliphatic hydroxyl groups excluding tert-OH is 1. The van der Waals surface area contributed by atoms with Gasteiger partial charge in [-0.15, -0.1) is 0 Å². The van der Waals surface area contributed by atoms with E-state index in [4.69, 9.17) is 5.11 Å². The molecule has 0 atom stereocenters. The third-order valence-electron chi connectivity index (χ3n) is 3.60. The lowest BCUT2D eigenvalue weighted by Crippen LogP contribution is -2.42. The number of nitrogens with one attached hydrogen (secondary N) is 1. The fraction of sp³-hybridized carbons (Fsp3) is 0.714. The van der Waals surface area contributed by atoms with Gasteiger partial charge in [0.25, 0.3) is 0 Å². The first-order valence-electron chi connectivity index (χ1n) is 7.40. The number of aliphatic hydroxyl groups is 1. The molecule has 6 heteroatoms. The molecule has 2 rings (SSSR count). The van der Waals surface area contributed by atoms with E-state index in [0.29, 0.717) is 12.0 Å². The van der Waals surface area contributed by atoms with Crippen LogP contribution >= 0.6 is 15.9 Å².